The number of aromatic nitrogens is 2. The Balaban J connectivity index is 1.57. The molecule has 0 bridgehead atoms. The largest absolute Gasteiger partial charge is 0.338 e. The molecule has 0 radical (unpaired) electrons. The molecule has 0 unspecified atom stereocenters. The van der Waals surface area contributed by atoms with Crippen LogP contribution in [0.3, 0.4) is 0 Å². The van der Waals surface area contributed by atoms with Gasteiger partial charge in [-0.05, 0) is 43.0 Å². The fourth-order valence-corrected chi connectivity index (χ4v) is 3.69. The minimum Gasteiger partial charge on any atom is -0.338 e. The van der Waals surface area contributed by atoms with Crippen molar-refractivity contribution in [2.75, 3.05) is 13.1 Å². The molecule has 24 heavy (non-hydrogen) atoms. The number of hydrogen-bond acceptors (Lipinski definition) is 2. The molecule has 0 spiro atoms. The van der Waals surface area contributed by atoms with Gasteiger partial charge in [0.25, 0.3) is 5.91 Å². The van der Waals surface area contributed by atoms with E-state index in [-0.39, 0.29) is 5.91 Å². The molecular weight excluding hydrogens is 298 g/mol. The average molecular weight is 319 g/mol. The highest BCUT2D eigenvalue weighted by molar-refractivity contribution is 5.94. The molecule has 1 fully saturated rings. The van der Waals surface area contributed by atoms with Crippen molar-refractivity contribution < 1.29 is 4.79 Å². The Kier molecular flexibility index (Phi) is 3.81. The number of pyridine rings is 1. The quantitative estimate of drug-likeness (QED) is 0.723. The SMILES string of the molecule is Cc1ccccc1[C@H]1CCCN(C(=O)c2ccc3nccn3c2)C1. The number of carbonyl (C=O) groups excluding carboxylic acids is 1. The van der Waals surface area contributed by atoms with Gasteiger partial charge in [0.05, 0.1) is 5.56 Å². The van der Waals surface area contributed by atoms with Crippen LogP contribution in [-0.2, 0) is 0 Å². The fourth-order valence-electron chi connectivity index (χ4n) is 3.69. The molecule has 4 heteroatoms. The number of benzene rings is 1. The average Bonchev–Trinajstić information content (AvgIpc) is 3.09. The van der Waals surface area contributed by atoms with E-state index < -0.39 is 0 Å². The molecule has 1 aliphatic rings. The summed E-state index contributed by atoms with van der Waals surface area (Å²) >= 11 is 0. The van der Waals surface area contributed by atoms with Gasteiger partial charge in [-0.3, -0.25) is 4.79 Å². The Hall–Kier alpha value is -2.62. The van der Waals surface area contributed by atoms with Crippen LogP contribution in [0.1, 0.15) is 40.2 Å². The van der Waals surface area contributed by atoms with Crippen molar-refractivity contribution in [3.8, 4) is 0 Å². The number of aryl methyl sites for hydroxylation is 1. The standard InChI is InChI=1S/C20H21N3O/c1-15-5-2-3-7-18(15)16-6-4-11-23(13-16)20(24)17-8-9-19-21-10-12-22(19)14-17/h2-3,5,7-10,12,14,16H,4,6,11,13H2,1H3/t16-/m0/s1. The Morgan fingerprint density at radius 1 is 1.21 bits per heavy atom. The zero-order valence-corrected chi connectivity index (χ0v) is 13.9. The Bertz CT molecular complexity index is 883. The lowest BCUT2D eigenvalue weighted by Crippen LogP contribution is -2.39. The number of hydrogen-bond donors (Lipinski definition) is 0. The predicted octanol–water partition coefficient (Wildman–Crippen LogP) is 3.66. The number of rotatable bonds is 2. The summed E-state index contributed by atoms with van der Waals surface area (Å²) in [5.41, 5.74) is 4.28. The van der Waals surface area contributed by atoms with Gasteiger partial charge in [-0.1, -0.05) is 24.3 Å². The van der Waals surface area contributed by atoms with Gasteiger partial charge in [0.15, 0.2) is 0 Å². The number of piperidine rings is 1. The van der Waals surface area contributed by atoms with Gasteiger partial charge in [-0.15, -0.1) is 0 Å². The van der Waals surface area contributed by atoms with Crippen molar-refractivity contribution in [3.05, 3.63) is 71.7 Å². The number of amides is 1. The second kappa shape index (κ2) is 6.11. The van der Waals surface area contributed by atoms with Gasteiger partial charge in [0.1, 0.15) is 5.65 Å². The molecule has 3 aromatic rings. The molecule has 1 atom stereocenters. The van der Waals surface area contributed by atoms with Crippen molar-refractivity contribution in [2.45, 2.75) is 25.7 Å². The summed E-state index contributed by atoms with van der Waals surface area (Å²) in [5, 5.41) is 0. The van der Waals surface area contributed by atoms with Gasteiger partial charge in [-0.2, -0.15) is 0 Å². The highest BCUT2D eigenvalue weighted by atomic mass is 16.2. The summed E-state index contributed by atoms with van der Waals surface area (Å²) in [6, 6.07) is 12.3. The number of fused-ring (bicyclic) bond motifs is 1. The summed E-state index contributed by atoms with van der Waals surface area (Å²) in [6.45, 7) is 3.79. The lowest BCUT2D eigenvalue weighted by atomic mass is 9.88. The summed E-state index contributed by atoms with van der Waals surface area (Å²) in [7, 11) is 0. The van der Waals surface area contributed by atoms with E-state index in [1.807, 2.05) is 33.8 Å². The molecular formula is C20H21N3O. The zero-order chi connectivity index (χ0) is 16.5. The van der Waals surface area contributed by atoms with E-state index in [4.69, 9.17) is 0 Å². The summed E-state index contributed by atoms with van der Waals surface area (Å²) < 4.78 is 1.90. The van der Waals surface area contributed by atoms with Crippen LogP contribution in [0, 0.1) is 6.92 Å². The molecule has 4 rings (SSSR count). The molecule has 2 aromatic heterocycles. The van der Waals surface area contributed by atoms with Crippen LogP contribution in [-0.4, -0.2) is 33.3 Å². The second-order valence-corrected chi connectivity index (χ2v) is 6.56. The van der Waals surface area contributed by atoms with Crippen LogP contribution in [0.4, 0.5) is 0 Å². The van der Waals surface area contributed by atoms with E-state index in [9.17, 15) is 4.79 Å². The van der Waals surface area contributed by atoms with Gasteiger partial charge >= 0.3 is 0 Å². The van der Waals surface area contributed by atoms with E-state index in [1.54, 1.807) is 6.20 Å². The normalized spacial score (nSPS) is 18.0. The number of nitrogens with zero attached hydrogens (tertiary/aromatic N) is 3. The number of imidazole rings is 1. The highest BCUT2D eigenvalue weighted by Gasteiger charge is 2.26. The summed E-state index contributed by atoms with van der Waals surface area (Å²) in [4.78, 5) is 19.1. The maximum absolute atomic E-state index is 12.9. The van der Waals surface area contributed by atoms with Crippen molar-refractivity contribution >= 4 is 11.6 Å². The highest BCUT2D eigenvalue weighted by Crippen LogP contribution is 2.29. The third-order valence-corrected chi connectivity index (χ3v) is 4.97. The Morgan fingerprint density at radius 2 is 2.08 bits per heavy atom. The van der Waals surface area contributed by atoms with E-state index in [1.165, 1.54) is 11.1 Å². The lowest BCUT2D eigenvalue weighted by molar-refractivity contribution is 0.0706. The van der Waals surface area contributed by atoms with E-state index in [0.717, 1.165) is 37.1 Å². The van der Waals surface area contributed by atoms with Gasteiger partial charge < -0.3 is 9.30 Å². The lowest BCUT2D eigenvalue weighted by Gasteiger charge is -2.33. The predicted molar refractivity (Wildman–Crippen MR) is 94.2 cm³/mol. The van der Waals surface area contributed by atoms with Crippen molar-refractivity contribution in [1.82, 2.24) is 14.3 Å². The molecule has 122 valence electrons. The topological polar surface area (TPSA) is 37.6 Å². The molecule has 1 aromatic carbocycles. The molecule has 0 aliphatic carbocycles. The van der Waals surface area contributed by atoms with Crippen molar-refractivity contribution in [2.24, 2.45) is 0 Å². The Morgan fingerprint density at radius 3 is 2.96 bits per heavy atom. The number of carbonyl (C=O) groups is 1. The zero-order valence-electron chi connectivity index (χ0n) is 13.9. The first-order valence-corrected chi connectivity index (χ1v) is 8.50. The van der Waals surface area contributed by atoms with Gasteiger partial charge in [0, 0.05) is 37.6 Å². The van der Waals surface area contributed by atoms with E-state index in [0.29, 0.717) is 5.92 Å². The number of likely N-dealkylation sites (tertiary alicyclic amines) is 1. The molecule has 1 aliphatic heterocycles. The van der Waals surface area contributed by atoms with Crippen molar-refractivity contribution in [3.63, 3.8) is 0 Å². The van der Waals surface area contributed by atoms with E-state index in [2.05, 4.69) is 36.2 Å². The van der Waals surface area contributed by atoms with Crippen LogP contribution in [0.2, 0.25) is 0 Å². The van der Waals surface area contributed by atoms with Crippen LogP contribution in [0.25, 0.3) is 5.65 Å². The second-order valence-electron chi connectivity index (χ2n) is 6.56. The van der Waals surface area contributed by atoms with E-state index >= 15 is 0 Å². The first-order chi connectivity index (χ1) is 11.7. The van der Waals surface area contributed by atoms with Gasteiger partial charge in [-0.25, -0.2) is 4.98 Å². The monoisotopic (exact) mass is 319 g/mol. The molecule has 3 heterocycles. The molecule has 0 saturated carbocycles. The maximum Gasteiger partial charge on any atom is 0.255 e. The first-order valence-electron chi connectivity index (χ1n) is 8.50. The van der Waals surface area contributed by atoms with Gasteiger partial charge in [0.2, 0.25) is 0 Å². The van der Waals surface area contributed by atoms with Crippen LogP contribution in [0.15, 0.2) is 55.0 Å². The molecule has 1 amide bonds. The van der Waals surface area contributed by atoms with Crippen LogP contribution >= 0.6 is 0 Å². The minimum absolute atomic E-state index is 0.115. The summed E-state index contributed by atoms with van der Waals surface area (Å²) in [5.74, 6) is 0.546. The summed E-state index contributed by atoms with van der Waals surface area (Å²) in [6.07, 6.45) is 7.70. The molecule has 0 N–H and O–H groups in total. The Labute approximate surface area is 141 Å². The van der Waals surface area contributed by atoms with Crippen molar-refractivity contribution in [1.29, 1.82) is 0 Å². The fraction of sp³-hybridized carbons (Fsp3) is 0.300. The third-order valence-electron chi connectivity index (χ3n) is 4.97. The maximum atomic E-state index is 12.9. The third kappa shape index (κ3) is 2.68. The molecule has 4 nitrogen and oxygen atoms in total. The van der Waals surface area contributed by atoms with Crippen LogP contribution < -0.4 is 0 Å². The minimum atomic E-state index is 0.115. The first kappa shape index (κ1) is 14.9. The molecule has 1 saturated heterocycles. The smallest absolute Gasteiger partial charge is 0.255 e. The van der Waals surface area contributed by atoms with Crippen LogP contribution in [0.5, 0.6) is 0 Å².